The number of rotatable bonds is 1. The number of piperidine rings is 1. The first-order valence-electron chi connectivity index (χ1n) is 5.48. The van der Waals surface area contributed by atoms with Gasteiger partial charge in [0.05, 0.1) is 5.92 Å². The summed E-state index contributed by atoms with van der Waals surface area (Å²) >= 11 is 3.39. The Morgan fingerprint density at radius 2 is 2.22 bits per heavy atom. The molecule has 2 amide bonds. The van der Waals surface area contributed by atoms with Gasteiger partial charge >= 0.3 is 0 Å². The number of aromatic nitrogens is 3. The van der Waals surface area contributed by atoms with Gasteiger partial charge in [0.2, 0.25) is 11.8 Å². The number of halogens is 1. The third-order valence-corrected chi connectivity index (χ3v) is 3.56. The molecule has 7 heteroatoms. The van der Waals surface area contributed by atoms with Crippen LogP contribution in [0.1, 0.15) is 24.3 Å². The number of imide groups is 1. The fraction of sp³-hybridized carbons (Fsp3) is 0.273. The topological polar surface area (TPSA) is 76.4 Å². The van der Waals surface area contributed by atoms with Crippen LogP contribution < -0.4 is 5.32 Å². The van der Waals surface area contributed by atoms with Crippen molar-refractivity contribution >= 4 is 33.4 Å². The second-order valence-electron chi connectivity index (χ2n) is 4.15. The number of amides is 2. The first-order valence-corrected chi connectivity index (χ1v) is 6.27. The van der Waals surface area contributed by atoms with Crippen molar-refractivity contribution in [2.45, 2.75) is 18.8 Å². The minimum Gasteiger partial charge on any atom is -0.296 e. The van der Waals surface area contributed by atoms with E-state index in [2.05, 4.69) is 31.3 Å². The maximum atomic E-state index is 11.8. The van der Waals surface area contributed by atoms with E-state index < -0.39 is 0 Å². The summed E-state index contributed by atoms with van der Waals surface area (Å²) in [6.07, 6.45) is 2.35. The normalized spacial score (nSPS) is 20.2. The molecule has 1 saturated heterocycles. The fourth-order valence-corrected chi connectivity index (χ4v) is 2.65. The summed E-state index contributed by atoms with van der Waals surface area (Å²) in [5, 5.41) is 6.39. The second-order valence-corrected chi connectivity index (χ2v) is 4.96. The van der Waals surface area contributed by atoms with Crippen LogP contribution in [0.2, 0.25) is 0 Å². The van der Waals surface area contributed by atoms with E-state index in [1.54, 1.807) is 4.52 Å². The van der Waals surface area contributed by atoms with Crippen LogP contribution >= 0.6 is 15.9 Å². The Kier molecular flexibility index (Phi) is 2.62. The van der Waals surface area contributed by atoms with Gasteiger partial charge in [-0.25, -0.2) is 9.50 Å². The summed E-state index contributed by atoms with van der Waals surface area (Å²) < 4.78 is 2.37. The molecule has 0 radical (unpaired) electrons. The molecule has 1 unspecified atom stereocenters. The van der Waals surface area contributed by atoms with Crippen LogP contribution in [0.3, 0.4) is 0 Å². The van der Waals surface area contributed by atoms with Gasteiger partial charge in [0, 0.05) is 6.42 Å². The van der Waals surface area contributed by atoms with E-state index in [4.69, 9.17) is 0 Å². The van der Waals surface area contributed by atoms with E-state index in [1.165, 1.54) is 6.33 Å². The highest BCUT2D eigenvalue weighted by Gasteiger charge is 2.28. The van der Waals surface area contributed by atoms with Crippen LogP contribution in [-0.2, 0) is 9.59 Å². The van der Waals surface area contributed by atoms with Crippen molar-refractivity contribution in [2.24, 2.45) is 0 Å². The summed E-state index contributed by atoms with van der Waals surface area (Å²) in [6, 6.07) is 3.65. The molecule has 1 fully saturated rings. The minimum atomic E-state index is -0.305. The molecule has 2 aromatic rings. The number of hydrogen-bond acceptors (Lipinski definition) is 4. The van der Waals surface area contributed by atoms with Crippen molar-refractivity contribution in [3.8, 4) is 0 Å². The Bertz CT molecular complexity index is 652. The molecule has 18 heavy (non-hydrogen) atoms. The summed E-state index contributed by atoms with van der Waals surface area (Å²) in [7, 11) is 0. The zero-order valence-electron chi connectivity index (χ0n) is 9.26. The van der Waals surface area contributed by atoms with Gasteiger partial charge in [-0.15, -0.1) is 0 Å². The Morgan fingerprint density at radius 1 is 1.39 bits per heavy atom. The lowest BCUT2D eigenvalue weighted by molar-refractivity contribution is -0.134. The second kappa shape index (κ2) is 4.16. The van der Waals surface area contributed by atoms with Gasteiger partial charge in [0.15, 0.2) is 5.65 Å². The van der Waals surface area contributed by atoms with E-state index >= 15 is 0 Å². The zero-order valence-corrected chi connectivity index (χ0v) is 10.8. The molecule has 0 saturated carbocycles. The molecule has 1 aliphatic rings. The van der Waals surface area contributed by atoms with Gasteiger partial charge in [0.25, 0.3) is 0 Å². The van der Waals surface area contributed by atoms with E-state index in [0.29, 0.717) is 18.5 Å². The number of hydrogen-bond donors (Lipinski definition) is 1. The van der Waals surface area contributed by atoms with Gasteiger partial charge in [-0.2, -0.15) is 5.10 Å². The van der Waals surface area contributed by atoms with Crippen molar-refractivity contribution in [2.75, 3.05) is 0 Å². The molecule has 0 bridgehead atoms. The maximum absolute atomic E-state index is 11.8. The van der Waals surface area contributed by atoms with Gasteiger partial charge in [-0.3, -0.25) is 14.9 Å². The molecule has 2 aromatic heterocycles. The molecule has 6 nitrogen and oxygen atoms in total. The number of nitrogens with zero attached hydrogens (tertiary/aromatic N) is 3. The average molecular weight is 309 g/mol. The standard InChI is InChI=1S/C11H9BrN4O2/c12-8-3-6(4-9-13-5-14-16(8)9)7-1-2-10(17)15-11(7)18/h3-5,7H,1-2H2,(H,15,17,18). The first kappa shape index (κ1) is 11.3. The van der Waals surface area contributed by atoms with E-state index in [0.717, 1.165) is 10.2 Å². The lowest BCUT2D eigenvalue weighted by Gasteiger charge is -2.21. The third kappa shape index (κ3) is 1.80. The Morgan fingerprint density at radius 3 is 3.00 bits per heavy atom. The van der Waals surface area contributed by atoms with Crippen LogP contribution in [0.15, 0.2) is 23.1 Å². The van der Waals surface area contributed by atoms with Gasteiger partial charge in [-0.1, -0.05) is 0 Å². The van der Waals surface area contributed by atoms with Crippen LogP contribution in [0.25, 0.3) is 5.65 Å². The molecule has 92 valence electrons. The lowest BCUT2D eigenvalue weighted by Crippen LogP contribution is -2.39. The molecule has 3 heterocycles. The number of carbonyl (C=O) groups excluding carboxylic acids is 2. The first-order chi connectivity index (χ1) is 8.65. The molecule has 0 aromatic carbocycles. The highest BCUT2D eigenvalue weighted by atomic mass is 79.9. The maximum Gasteiger partial charge on any atom is 0.234 e. The lowest BCUT2D eigenvalue weighted by atomic mass is 9.91. The predicted molar refractivity (Wildman–Crippen MR) is 65.8 cm³/mol. The van der Waals surface area contributed by atoms with Gasteiger partial charge in [-0.05, 0) is 40.0 Å². The molecule has 1 N–H and O–H groups in total. The number of fused-ring (bicyclic) bond motifs is 1. The quantitative estimate of drug-likeness (QED) is 0.630. The minimum absolute atomic E-state index is 0.209. The third-order valence-electron chi connectivity index (χ3n) is 3.00. The van der Waals surface area contributed by atoms with Gasteiger partial charge < -0.3 is 0 Å². The summed E-state index contributed by atoms with van der Waals surface area (Å²) in [4.78, 5) is 27.0. The largest absolute Gasteiger partial charge is 0.296 e. The van der Waals surface area contributed by atoms with Crippen molar-refractivity contribution < 1.29 is 9.59 Å². The van der Waals surface area contributed by atoms with Crippen LogP contribution in [0.4, 0.5) is 0 Å². The van der Waals surface area contributed by atoms with Crippen molar-refractivity contribution in [1.29, 1.82) is 0 Å². The van der Waals surface area contributed by atoms with Crippen LogP contribution in [-0.4, -0.2) is 26.4 Å². The van der Waals surface area contributed by atoms with Crippen molar-refractivity contribution in [3.63, 3.8) is 0 Å². The molecule has 1 atom stereocenters. The number of pyridine rings is 1. The number of carbonyl (C=O) groups is 2. The molecule has 1 aliphatic heterocycles. The SMILES string of the molecule is O=C1CCC(c2cc(Br)n3ncnc3c2)C(=O)N1. The van der Waals surface area contributed by atoms with Crippen LogP contribution in [0, 0.1) is 0 Å². The molecular formula is C11H9BrN4O2. The Labute approximate surface area is 111 Å². The van der Waals surface area contributed by atoms with Crippen LogP contribution in [0.5, 0.6) is 0 Å². The fourth-order valence-electron chi connectivity index (χ4n) is 2.12. The van der Waals surface area contributed by atoms with Crippen molar-refractivity contribution in [1.82, 2.24) is 19.9 Å². The predicted octanol–water partition coefficient (Wildman–Crippen LogP) is 1.01. The smallest absolute Gasteiger partial charge is 0.234 e. The number of nitrogens with one attached hydrogen (secondary N) is 1. The summed E-state index contributed by atoms with van der Waals surface area (Å²) in [6.45, 7) is 0. The molecule has 3 rings (SSSR count). The Hall–Kier alpha value is -1.76. The molecular weight excluding hydrogens is 300 g/mol. The van der Waals surface area contributed by atoms with Crippen molar-refractivity contribution in [3.05, 3.63) is 28.6 Å². The molecule has 0 spiro atoms. The van der Waals surface area contributed by atoms with Gasteiger partial charge in [0.1, 0.15) is 10.9 Å². The Balaban J connectivity index is 2.03. The highest BCUT2D eigenvalue weighted by molar-refractivity contribution is 9.10. The summed E-state index contributed by atoms with van der Waals surface area (Å²) in [5.74, 6) is -0.762. The monoisotopic (exact) mass is 308 g/mol. The summed E-state index contributed by atoms with van der Waals surface area (Å²) in [5.41, 5.74) is 1.51. The van der Waals surface area contributed by atoms with E-state index in [9.17, 15) is 9.59 Å². The highest BCUT2D eigenvalue weighted by Crippen LogP contribution is 2.27. The zero-order chi connectivity index (χ0) is 12.7. The molecule has 0 aliphatic carbocycles. The van der Waals surface area contributed by atoms with E-state index in [-0.39, 0.29) is 17.7 Å². The average Bonchev–Trinajstić information content (AvgIpc) is 2.77. The van der Waals surface area contributed by atoms with E-state index in [1.807, 2.05) is 12.1 Å².